The molecule has 0 saturated carbocycles. The van der Waals surface area contributed by atoms with Gasteiger partial charge in [-0.3, -0.25) is 9.69 Å². The van der Waals surface area contributed by atoms with Crippen LogP contribution in [-0.4, -0.2) is 44.1 Å². The van der Waals surface area contributed by atoms with Crippen LogP contribution in [-0.2, 0) is 11.2 Å². The van der Waals surface area contributed by atoms with E-state index in [1.54, 1.807) is 7.11 Å². The molecule has 3 N–H and O–H groups in total. The number of amides is 1. The fourth-order valence-electron chi connectivity index (χ4n) is 2.53. The molecule has 0 spiro atoms. The van der Waals surface area contributed by atoms with Crippen molar-refractivity contribution in [1.82, 2.24) is 4.90 Å². The molecule has 0 unspecified atom stereocenters. The van der Waals surface area contributed by atoms with Crippen molar-refractivity contribution >= 4 is 24.0 Å². The van der Waals surface area contributed by atoms with E-state index in [0.29, 0.717) is 31.1 Å². The van der Waals surface area contributed by atoms with Crippen molar-refractivity contribution in [2.75, 3.05) is 38.6 Å². The molecule has 0 aliphatic heterocycles. The van der Waals surface area contributed by atoms with Gasteiger partial charge in [0.1, 0.15) is 5.75 Å². The Morgan fingerprint density at radius 1 is 1.08 bits per heavy atom. The number of rotatable bonds is 9. The van der Waals surface area contributed by atoms with Gasteiger partial charge in [0.25, 0.3) is 0 Å². The second-order valence-corrected chi connectivity index (χ2v) is 5.55. The molecule has 0 aliphatic carbocycles. The summed E-state index contributed by atoms with van der Waals surface area (Å²) < 4.78 is 5.26. The average molecular weight is 364 g/mol. The lowest BCUT2D eigenvalue weighted by Gasteiger charge is -2.21. The molecular formula is C19H26ClN3O2. The molecule has 5 nitrogen and oxygen atoms in total. The van der Waals surface area contributed by atoms with Crippen LogP contribution in [0.2, 0.25) is 0 Å². The molecule has 0 atom stereocenters. The predicted octanol–water partition coefficient (Wildman–Crippen LogP) is 2.56. The number of halogens is 1. The third-order valence-corrected chi connectivity index (χ3v) is 3.75. The van der Waals surface area contributed by atoms with Gasteiger partial charge in [-0.2, -0.15) is 0 Å². The van der Waals surface area contributed by atoms with E-state index in [9.17, 15) is 4.79 Å². The lowest BCUT2D eigenvalue weighted by molar-refractivity contribution is -0.117. The summed E-state index contributed by atoms with van der Waals surface area (Å²) in [6, 6.07) is 17.6. The zero-order valence-corrected chi connectivity index (χ0v) is 15.3. The zero-order chi connectivity index (χ0) is 17.2. The van der Waals surface area contributed by atoms with Gasteiger partial charge >= 0.3 is 0 Å². The van der Waals surface area contributed by atoms with Gasteiger partial charge in [-0.25, -0.2) is 0 Å². The summed E-state index contributed by atoms with van der Waals surface area (Å²) in [4.78, 5) is 14.4. The van der Waals surface area contributed by atoms with Crippen molar-refractivity contribution in [2.45, 2.75) is 6.42 Å². The first-order valence-electron chi connectivity index (χ1n) is 8.12. The standard InChI is InChI=1S/C19H25N3O2.ClH/c1-24-18-10-6-5-9-17(18)21-19(23)15-22(14-12-20)13-11-16-7-3-2-4-8-16;/h2-10H,11-15,20H2,1H3,(H,21,23);1H. The smallest absolute Gasteiger partial charge is 0.238 e. The Morgan fingerprint density at radius 2 is 1.76 bits per heavy atom. The van der Waals surface area contributed by atoms with Crippen molar-refractivity contribution < 1.29 is 9.53 Å². The Morgan fingerprint density at radius 3 is 2.44 bits per heavy atom. The highest BCUT2D eigenvalue weighted by Gasteiger charge is 2.12. The lowest BCUT2D eigenvalue weighted by atomic mass is 10.1. The second-order valence-electron chi connectivity index (χ2n) is 5.55. The van der Waals surface area contributed by atoms with Crippen LogP contribution in [0.4, 0.5) is 5.69 Å². The van der Waals surface area contributed by atoms with Crippen molar-refractivity contribution in [1.29, 1.82) is 0 Å². The van der Waals surface area contributed by atoms with Crippen molar-refractivity contribution in [3.63, 3.8) is 0 Å². The summed E-state index contributed by atoms with van der Waals surface area (Å²) in [5.74, 6) is 0.585. The minimum Gasteiger partial charge on any atom is -0.495 e. The maximum Gasteiger partial charge on any atom is 0.238 e. The van der Waals surface area contributed by atoms with Gasteiger partial charge in [0, 0.05) is 19.6 Å². The minimum absolute atomic E-state index is 0. The van der Waals surface area contributed by atoms with Crippen LogP contribution in [0, 0.1) is 0 Å². The van der Waals surface area contributed by atoms with Crippen LogP contribution in [0.15, 0.2) is 54.6 Å². The molecule has 0 radical (unpaired) electrons. The largest absolute Gasteiger partial charge is 0.495 e. The van der Waals surface area contributed by atoms with E-state index in [4.69, 9.17) is 10.5 Å². The molecule has 2 aromatic carbocycles. The minimum atomic E-state index is -0.0685. The van der Waals surface area contributed by atoms with E-state index in [1.165, 1.54) is 5.56 Å². The zero-order valence-electron chi connectivity index (χ0n) is 14.5. The normalized spacial score (nSPS) is 10.2. The summed E-state index contributed by atoms with van der Waals surface area (Å²) in [5.41, 5.74) is 7.61. The summed E-state index contributed by atoms with van der Waals surface area (Å²) in [5, 5.41) is 2.90. The van der Waals surface area contributed by atoms with Gasteiger partial charge in [0.05, 0.1) is 19.3 Å². The number of para-hydroxylation sites is 2. The number of benzene rings is 2. The second kappa shape index (κ2) is 11.5. The van der Waals surface area contributed by atoms with Crippen molar-refractivity contribution in [3.05, 3.63) is 60.2 Å². The van der Waals surface area contributed by atoms with Crippen LogP contribution in [0.3, 0.4) is 0 Å². The van der Waals surface area contributed by atoms with Crippen molar-refractivity contribution in [2.24, 2.45) is 5.73 Å². The summed E-state index contributed by atoms with van der Waals surface area (Å²) in [7, 11) is 1.59. The Hall–Kier alpha value is -2.08. The number of hydrogen-bond acceptors (Lipinski definition) is 4. The van der Waals surface area contributed by atoms with E-state index in [1.807, 2.05) is 42.5 Å². The Balaban J connectivity index is 0.00000312. The van der Waals surface area contributed by atoms with Gasteiger partial charge < -0.3 is 15.8 Å². The number of methoxy groups -OCH3 is 1. The van der Waals surface area contributed by atoms with Gasteiger partial charge in [0.15, 0.2) is 0 Å². The van der Waals surface area contributed by atoms with Crippen LogP contribution >= 0.6 is 12.4 Å². The Kier molecular flexibility index (Phi) is 9.62. The predicted molar refractivity (Wildman–Crippen MR) is 105 cm³/mol. The first-order chi connectivity index (χ1) is 11.7. The number of hydrogen-bond donors (Lipinski definition) is 2. The Labute approximate surface area is 155 Å². The van der Waals surface area contributed by atoms with E-state index in [-0.39, 0.29) is 18.3 Å². The topological polar surface area (TPSA) is 67.6 Å². The molecule has 2 aromatic rings. The third kappa shape index (κ3) is 7.13. The number of nitrogens with one attached hydrogen (secondary N) is 1. The van der Waals surface area contributed by atoms with Crippen LogP contribution in [0.25, 0.3) is 0 Å². The highest BCUT2D eigenvalue weighted by Crippen LogP contribution is 2.22. The van der Waals surface area contributed by atoms with E-state index in [0.717, 1.165) is 13.0 Å². The summed E-state index contributed by atoms with van der Waals surface area (Å²) >= 11 is 0. The van der Waals surface area contributed by atoms with Crippen LogP contribution < -0.4 is 15.8 Å². The van der Waals surface area contributed by atoms with Crippen LogP contribution in [0.1, 0.15) is 5.56 Å². The SMILES string of the molecule is COc1ccccc1NC(=O)CN(CCN)CCc1ccccc1.Cl. The van der Waals surface area contributed by atoms with E-state index < -0.39 is 0 Å². The molecule has 0 heterocycles. The number of anilines is 1. The van der Waals surface area contributed by atoms with Crippen LogP contribution in [0.5, 0.6) is 5.75 Å². The number of nitrogens with zero attached hydrogens (tertiary/aromatic N) is 1. The van der Waals surface area contributed by atoms with Gasteiger partial charge in [-0.15, -0.1) is 12.4 Å². The van der Waals surface area contributed by atoms with E-state index in [2.05, 4.69) is 22.3 Å². The summed E-state index contributed by atoms with van der Waals surface area (Å²) in [6.07, 6.45) is 0.892. The van der Waals surface area contributed by atoms with E-state index >= 15 is 0 Å². The number of nitrogens with two attached hydrogens (primary N) is 1. The molecule has 25 heavy (non-hydrogen) atoms. The monoisotopic (exact) mass is 363 g/mol. The summed E-state index contributed by atoms with van der Waals surface area (Å²) in [6.45, 7) is 2.31. The number of ether oxygens (including phenoxy) is 1. The molecule has 136 valence electrons. The highest BCUT2D eigenvalue weighted by molar-refractivity contribution is 5.93. The first-order valence-corrected chi connectivity index (χ1v) is 8.12. The molecule has 2 rings (SSSR count). The number of carbonyl (C=O) groups excluding carboxylic acids is 1. The lowest BCUT2D eigenvalue weighted by Crippen LogP contribution is -2.38. The first kappa shape index (κ1) is 21.0. The molecule has 0 aromatic heterocycles. The van der Waals surface area contributed by atoms with Crippen molar-refractivity contribution in [3.8, 4) is 5.75 Å². The maximum absolute atomic E-state index is 12.3. The van der Waals surface area contributed by atoms with Gasteiger partial charge in [-0.1, -0.05) is 42.5 Å². The molecule has 0 saturated heterocycles. The molecule has 0 bridgehead atoms. The fourth-order valence-corrected chi connectivity index (χ4v) is 2.53. The average Bonchev–Trinajstić information content (AvgIpc) is 2.61. The van der Waals surface area contributed by atoms with Gasteiger partial charge in [0.2, 0.25) is 5.91 Å². The molecular weight excluding hydrogens is 338 g/mol. The molecule has 0 fully saturated rings. The molecule has 1 amide bonds. The fraction of sp³-hybridized carbons (Fsp3) is 0.316. The number of carbonyl (C=O) groups is 1. The molecule has 0 aliphatic rings. The van der Waals surface area contributed by atoms with Gasteiger partial charge in [-0.05, 0) is 24.1 Å². The third-order valence-electron chi connectivity index (χ3n) is 3.75. The highest BCUT2D eigenvalue weighted by atomic mass is 35.5. The molecule has 6 heteroatoms. The Bertz CT molecular complexity index is 638. The quantitative estimate of drug-likeness (QED) is 0.718. The maximum atomic E-state index is 12.3.